The van der Waals surface area contributed by atoms with Crippen molar-refractivity contribution in [3.63, 3.8) is 0 Å². The summed E-state index contributed by atoms with van der Waals surface area (Å²) in [7, 11) is 0. The van der Waals surface area contributed by atoms with Crippen LogP contribution in [0.25, 0.3) is 0 Å². The number of nitro benzene ring substituents is 2. The molecule has 256 valence electrons. The molecule has 2 aliphatic rings. The lowest BCUT2D eigenvalue weighted by molar-refractivity contribution is -0.384. The van der Waals surface area contributed by atoms with Gasteiger partial charge in [0.1, 0.15) is 11.4 Å². The van der Waals surface area contributed by atoms with Crippen molar-refractivity contribution in [2.75, 3.05) is 34.5 Å². The van der Waals surface area contributed by atoms with Gasteiger partial charge < -0.3 is 14.5 Å². The van der Waals surface area contributed by atoms with Gasteiger partial charge in [-0.2, -0.15) is 0 Å². The summed E-state index contributed by atoms with van der Waals surface area (Å²) in [6.45, 7) is 3.61. The minimum absolute atomic E-state index is 0.0852. The van der Waals surface area contributed by atoms with Crippen molar-refractivity contribution in [3.05, 3.63) is 54.5 Å². The number of thioether (sulfide) groups is 2. The van der Waals surface area contributed by atoms with Crippen LogP contribution in [0.3, 0.4) is 0 Å². The summed E-state index contributed by atoms with van der Waals surface area (Å²) in [4.78, 5) is 52.6. The van der Waals surface area contributed by atoms with Gasteiger partial charge in [0.15, 0.2) is 0 Å². The molecule has 2 saturated carbocycles. The fraction of sp³-hybridized carbons (Fsp3) is 0.562. The molecule has 0 bridgehead atoms. The number of benzene rings is 2. The highest BCUT2D eigenvalue weighted by Gasteiger charge is 2.32. The molecule has 0 unspecified atom stereocenters. The number of nitrogens with zero attached hydrogens (tertiary/aromatic N) is 4. The minimum Gasteiger partial charge on any atom is -0.380 e. The predicted octanol–water partition coefficient (Wildman–Crippen LogP) is 9.08. The molecule has 11 nitrogen and oxygen atoms in total. The second-order valence-corrected chi connectivity index (χ2v) is 14.8. The first-order valence-corrected chi connectivity index (χ1v) is 18.6. The van der Waals surface area contributed by atoms with Gasteiger partial charge in [-0.1, -0.05) is 61.7 Å². The number of anilines is 2. The average Bonchev–Trinajstić information content (AvgIpc) is 3.03. The quantitative estimate of drug-likeness (QED) is 0.0808. The number of ether oxygens (including phenoxy) is 1. The van der Waals surface area contributed by atoms with Gasteiger partial charge in [-0.15, -0.1) is 23.5 Å². The molecule has 0 aromatic heterocycles. The molecule has 0 radical (unpaired) electrons. The Labute approximate surface area is 293 Å². The topological polar surface area (TPSA) is 136 Å². The van der Waals surface area contributed by atoms with Crippen molar-refractivity contribution < 1.29 is 24.2 Å². The molecule has 4 rings (SSSR count). The van der Waals surface area contributed by atoms with Crippen molar-refractivity contribution in [2.45, 2.75) is 99.9 Å². The third-order valence-electron chi connectivity index (χ3n) is 8.50. The number of hydrogen-bond acceptors (Lipinski definition) is 9. The van der Waals surface area contributed by atoms with Gasteiger partial charge in [0.05, 0.1) is 33.1 Å². The van der Waals surface area contributed by atoms with Crippen molar-refractivity contribution in [3.8, 4) is 0 Å². The molecule has 0 N–H and O–H groups in total. The van der Waals surface area contributed by atoms with Gasteiger partial charge in [0.25, 0.3) is 11.4 Å². The Morgan fingerprint density at radius 2 is 1.09 bits per heavy atom. The largest absolute Gasteiger partial charge is 0.380 e. The number of hydrogen-bond donors (Lipinski definition) is 0. The Hall–Kier alpha value is -2.58. The Bertz CT molecular complexity index is 1360. The zero-order chi connectivity index (χ0) is 34.1. The van der Waals surface area contributed by atoms with Crippen LogP contribution in [0, 0.1) is 20.2 Å². The van der Waals surface area contributed by atoms with E-state index in [0.29, 0.717) is 34.5 Å². The summed E-state index contributed by atoms with van der Waals surface area (Å²) < 4.78 is 5.83. The van der Waals surface area contributed by atoms with Crippen molar-refractivity contribution in [1.82, 2.24) is 0 Å². The second-order valence-electron chi connectivity index (χ2n) is 11.7. The van der Waals surface area contributed by atoms with Crippen LogP contribution in [-0.4, -0.2) is 58.5 Å². The normalized spacial score (nSPS) is 15.7. The lowest BCUT2D eigenvalue weighted by Gasteiger charge is -2.33. The first-order valence-electron chi connectivity index (χ1n) is 15.9. The van der Waals surface area contributed by atoms with Crippen LogP contribution in [0.2, 0.25) is 10.0 Å². The van der Waals surface area contributed by atoms with Crippen LogP contribution in [0.15, 0.2) is 34.1 Å². The Morgan fingerprint density at radius 3 is 1.40 bits per heavy atom. The van der Waals surface area contributed by atoms with Crippen molar-refractivity contribution in [2.24, 2.45) is 0 Å². The molecule has 0 saturated heterocycles. The second kappa shape index (κ2) is 17.7. The summed E-state index contributed by atoms with van der Waals surface area (Å²) in [5.74, 6) is 0.565. The van der Waals surface area contributed by atoms with Crippen molar-refractivity contribution in [1.29, 1.82) is 0 Å². The van der Waals surface area contributed by atoms with E-state index in [4.69, 9.17) is 27.9 Å². The first kappa shape index (κ1) is 37.2. The highest BCUT2D eigenvalue weighted by molar-refractivity contribution is 7.99. The number of carbonyl (C=O) groups excluding carboxylic acids is 2. The Balaban J connectivity index is 1.37. The summed E-state index contributed by atoms with van der Waals surface area (Å²) in [6, 6.07) is 5.75. The molecular weight excluding hydrogens is 687 g/mol. The molecule has 2 aromatic carbocycles. The molecule has 0 aliphatic heterocycles. The van der Waals surface area contributed by atoms with E-state index in [1.165, 1.54) is 49.5 Å². The van der Waals surface area contributed by atoms with Gasteiger partial charge in [-0.25, -0.2) is 0 Å². The van der Waals surface area contributed by atoms with Crippen LogP contribution >= 0.6 is 46.7 Å². The molecule has 47 heavy (non-hydrogen) atoms. The number of rotatable bonds is 14. The number of carbonyl (C=O) groups is 2. The van der Waals surface area contributed by atoms with Crippen LogP contribution in [0.1, 0.15) is 78.1 Å². The van der Waals surface area contributed by atoms with Crippen LogP contribution in [0.5, 0.6) is 0 Å². The molecule has 2 amide bonds. The highest BCUT2D eigenvalue weighted by atomic mass is 35.5. The smallest absolute Gasteiger partial charge is 0.294 e. The SMILES string of the molecule is CC(=O)N(c1cc(SCCOCCSc2cc(N(C(C)=O)C3CCCCC3)c([N+](=O)[O-])cc2Cl)c(Cl)cc1[N+](=O)[O-])C1CCCCC1. The summed E-state index contributed by atoms with van der Waals surface area (Å²) >= 11 is 15.7. The summed E-state index contributed by atoms with van der Waals surface area (Å²) in [6.07, 6.45) is 9.28. The van der Waals surface area contributed by atoms with Gasteiger partial charge in [0, 0.05) is 59.4 Å². The number of nitro groups is 2. The van der Waals surface area contributed by atoms with Gasteiger partial charge in [0.2, 0.25) is 11.8 Å². The van der Waals surface area contributed by atoms with Crippen LogP contribution in [-0.2, 0) is 14.3 Å². The average molecular weight is 728 g/mol. The lowest BCUT2D eigenvalue weighted by atomic mass is 9.93. The third-order valence-corrected chi connectivity index (χ3v) is 11.4. The predicted molar refractivity (Wildman–Crippen MR) is 189 cm³/mol. The van der Waals surface area contributed by atoms with Crippen LogP contribution in [0.4, 0.5) is 22.7 Å². The van der Waals surface area contributed by atoms with Gasteiger partial charge in [-0.05, 0) is 37.8 Å². The fourth-order valence-corrected chi connectivity index (χ4v) is 8.68. The van der Waals surface area contributed by atoms with Crippen LogP contribution < -0.4 is 9.80 Å². The molecule has 2 aliphatic carbocycles. The maximum Gasteiger partial charge on any atom is 0.294 e. The van der Waals surface area contributed by atoms with Gasteiger partial charge >= 0.3 is 0 Å². The van der Waals surface area contributed by atoms with E-state index in [1.807, 2.05) is 0 Å². The molecular formula is C32H40Cl2N4O7S2. The number of amides is 2. The van der Waals surface area contributed by atoms with Crippen molar-refractivity contribution >= 4 is 81.3 Å². The van der Waals surface area contributed by atoms with E-state index in [2.05, 4.69) is 0 Å². The van der Waals surface area contributed by atoms with E-state index in [9.17, 15) is 29.8 Å². The lowest BCUT2D eigenvalue weighted by Crippen LogP contribution is -2.40. The summed E-state index contributed by atoms with van der Waals surface area (Å²) in [5, 5.41) is 24.3. The molecule has 0 spiro atoms. The standard InChI is InChI=1S/C32H40Cl2N4O7S2/c1-21(39)35(23-9-5-3-6-10-23)27-19-31(25(33)17-29(27)37(41)42)46-15-13-45-14-16-47-32-20-28(30(38(43)44)18-26(32)34)36(22(2)40)24-11-7-4-8-12-24/h17-20,23-24H,3-16H2,1-2H3. The maximum atomic E-state index is 12.7. The zero-order valence-electron chi connectivity index (χ0n) is 26.6. The number of halogens is 2. The Kier molecular flexibility index (Phi) is 14.0. The minimum atomic E-state index is -0.497. The molecule has 2 fully saturated rings. The zero-order valence-corrected chi connectivity index (χ0v) is 29.7. The molecule has 0 atom stereocenters. The molecule has 0 heterocycles. The van der Waals surface area contributed by atoms with E-state index in [0.717, 1.165) is 64.2 Å². The third kappa shape index (κ3) is 9.75. The van der Waals surface area contributed by atoms with E-state index < -0.39 is 9.85 Å². The first-order chi connectivity index (χ1) is 22.5. The maximum absolute atomic E-state index is 12.7. The molecule has 2 aromatic rings. The monoisotopic (exact) mass is 726 g/mol. The van der Waals surface area contributed by atoms with E-state index >= 15 is 0 Å². The Morgan fingerprint density at radius 1 is 0.723 bits per heavy atom. The van der Waals surface area contributed by atoms with Gasteiger partial charge in [-0.3, -0.25) is 29.8 Å². The van der Waals surface area contributed by atoms with E-state index in [1.54, 1.807) is 21.9 Å². The highest BCUT2D eigenvalue weighted by Crippen LogP contribution is 2.42. The van der Waals surface area contributed by atoms with E-state index in [-0.39, 0.29) is 56.7 Å². The fourth-order valence-electron chi connectivity index (χ4n) is 6.41. The molecule has 15 heteroatoms. The summed E-state index contributed by atoms with van der Waals surface area (Å²) in [5.41, 5.74) is 0.160.